The minimum atomic E-state index is -0.257. The largest absolute Gasteiger partial charge is 0.302 e. The van der Waals surface area contributed by atoms with Crippen LogP contribution < -0.4 is 0 Å². The van der Waals surface area contributed by atoms with Crippen molar-refractivity contribution in [2.45, 2.75) is 64.7 Å². The van der Waals surface area contributed by atoms with Crippen molar-refractivity contribution in [2.24, 2.45) is 17.3 Å². The molecule has 0 N–H and O–H groups in total. The maximum atomic E-state index is 12.0. The van der Waals surface area contributed by atoms with E-state index in [9.17, 15) is 4.79 Å². The SMILES string of the molecule is CCCCC[C@H]1CC[C@H](C2(C=O)C=CC(c3ccccc3)=CC2)CC1. The van der Waals surface area contributed by atoms with Crippen LogP contribution >= 0.6 is 0 Å². The highest BCUT2D eigenvalue weighted by atomic mass is 16.1. The van der Waals surface area contributed by atoms with Crippen molar-refractivity contribution >= 4 is 11.9 Å². The Labute approximate surface area is 153 Å². The summed E-state index contributed by atoms with van der Waals surface area (Å²) in [6.45, 7) is 2.28. The summed E-state index contributed by atoms with van der Waals surface area (Å²) in [6, 6.07) is 10.5. The zero-order valence-corrected chi connectivity index (χ0v) is 15.6. The van der Waals surface area contributed by atoms with E-state index in [-0.39, 0.29) is 5.41 Å². The average Bonchev–Trinajstić information content (AvgIpc) is 2.69. The molecule has 2 aliphatic carbocycles. The van der Waals surface area contributed by atoms with Gasteiger partial charge in [-0.15, -0.1) is 0 Å². The number of carbonyl (C=O) groups is 1. The zero-order chi connectivity index (χ0) is 17.5. The van der Waals surface area contributed by atoms with E-state index in [1.54, 1.807) is 0 Å². The molecule has 3 rings (SSSR count). The summed E-state index contributed by atoms with van der Waals surface area (Å²) in [5.41, 5.74) is 2.25. The second-order valence-electron chi connectivity index (χ2n) is 8.01. The van der Waals surface area contributed by atoms with Crippen LogP contribution in [0.15, 0.2) is 48.6 Å². The summed E-state index contributed by atoms with van der Waals surface area (Å²) in [5.74, 6) is 1.42. The highest BCUT2D eigenvalue weighted by Gasteiger charge is 2.39. The lowest BCUT2D eigenvalue weighted by molar-refractivity contribution is -0.117. The van der Waals surface area contributed by atoms with Crippen LogP contribution in [0, 0.1) is 17.3 Å². The van der Waals surface area contributed by atoms with Crippen molar-refractivity contribution < 1.29 is 4.79 Å². The second-order valence-corrected chi connectivity index (χ2v) is 8.01. The Kier molecular flexibility index (Phi) is 6.29. The predicted molar refractivity (Wildman–Crippen MR) is 106 cm³/mol. The number of rotatable bonds is 7. The standard InChI is InChI=1S/C24H32O/c1-2-3-5-8-20-11-13-23(14-12-20)24(19-25)17-15-22(16-18-24)21-9-6-4-7-10-21/h4,6-7,9-10,15-17,19-20,23H,2-3,5,8,11-14,18H2,1H3/t20-,23-,24?. The molecule has 1 unspecified atom stereocenters. The van der Waals surface area contributed by atoms with E-state index < -0.39 is 0 Å². The highest BCUT2D eigenvalue weighted by Crippen LogP contribution is 2.46. The molecule has 0 spiro atoms. The number of benzene rings is 1. The van der Waals surface area contributed by atoms with Gasteiger partial charge in [-0.05, 0) is 42.2 Å². The van der Waals surface area contributed by atoms with Crippen molar-refractivity contribution in [3.8, 4) is 0 Å². The summed E-state index contributed by atoms with van der Waals surface area (Å²) < 4.78 is 0. The Morgan fingerprint density at radius 1 is 1.08 bits per heavy atom. The molecule has 0 bridgehead atoms. The van der Waals surface area contributed by atoms with Crippen LogP contribution in [0.25, 0.3) is 5.57 Å². The first-order valence-electron chi connectivity index (χ1n) is 10.2. The fourth-order valence-corrected chi connectivity index (χ4v) is 4.67. The number of carbonyl (C=O) groups excluding carboxylic acids is 1. The third kappa shape index (κ3) is 4.32. The lowest BCUT2D eigenvalue weighted by Crippen LogP contribution is -2.34. The van der Waals surface area contributed by atoms with Crippen molar-refractivity contribution in [1.29, 1.82) is 0 Å². The molecule has 0 aliphatic heterocycles. The zero-order valence-electron chi connectivity index (χ0n) is 15.6. The first kappa shape index (κ1) is 18.2. The molecule has 25 heavy (non-hydrogen) atoms. The van der Waals surface area contributed by atoms with Gasteiger partial charge in [-0.1, -0.05) is 94.0 Å². The van der Waals surface area contributed by atoms with Gasteiger partial charge in [0.05, 0.1) is 5.41 Å². The Morgan fingerprint density at radius 3 is 2.44 bits per heavy atom. The van der Waals surface area contributed by atoms with Crippen LogP contribution in [-0.2, 0) is 4.79 Å². The van der Waals surface area contributed by atoms with Gasteiger partial charge in [0.1, 0.15) is 6.29 Å². The van der Waals surface area contributed by atoms with Gasteiger partial charge in [0, 0.05) is 0 Å². The number of allylic oxidation sites excluding steroid dienone is 4. The minimum absolute atomic E-state index is 0.257. The first-order chi connectivity index (χ1) is 12.3. The van der Waals surface area contributed by atoms with E-state index >= 15 is 0 Å². The Hall–Kier alpha value is -1.63. The fourth-order valence-electron chi connectivity index (χ4n) is 4.67. The number of aldehydes is 1. The van der Waals surface area contributed by atoms with Gasteiger partial charge in [-0.3, -0.25) is 0 Å². The van der Waals surface area contributed by atoms with Crippen LogP contribution in [0.1, 0.15) is 70.3 Å². The topological polar surface area (TPSA) is 17.1 Å². The van der Waals surface area contributed by atoms with Gasteiger partial charge >= 0.3 is 0 Å². The minimum Gasteiger partial charge on any atom is -0.302 e. The summed E-state index contributed by atoms with van der Waals surface area (Å²) in [7, 11) is 0. The Balaban J connectivity index is 1.60. The second kappa shape index (κ2) is 8.65. The van der Waals surface area contributed by atoms with E-state index in [4.69, 9.17) is 0 Å². The molecule has 0 heterocycles. The molecule has 0 saturated heterocycles. The van der Waals surface area contributed by atoms with Crippen molar-refractivity contribution in [3.05, 3.63) is 54.1 Å². The van der Waals surface area contributed by atoms with Crippen LogP contribution in [-0.4, -0.2) is 6.29 Å². The molecule has 0 amide bonds. The fraction of sp³-hybridized carbons (Fsp3) is 0.542. The van der Waals surface area contributed by atoms with E-state index in [0.29, 0.717) is 5.92 Å². The lowest BCUT2D eigenvalue weighted by Gasteiger charge is -2.39. The van der Waals surface area contributed by atoms with Crippen LogP contribution in [0.5, 0.6) is 0 Å². The maximum absolute atomic E-state index is 12.0. The van der Waals surface area contributed by atoms with Crippen LogP contribution in [0.4, 0.5) is 0 Å². The van der Waals surface area contributed by atoms with Crippen molar-refractivity contribution in [1.82, 2.24) is 0 Å². The molecular weight excluding hydrogens is 304 g/mol. The van der Waals surface area contributed by atoms with E-state index in [1.807, 2.05) is 6.07 Å². The van der Waals surface area contributed by atoms with E-state index in [0.717, 1.165) is 12.3 Å². The van der Waals surface area contributed by atoms with Gasteiger partial charge in [0.25, 0.3) is 0 Å². The normalized spacial score (nSPS) is 29.2. The van der Waals surface area contributed by atoms with E-state index in [2.05, 4.69) is 49.4 Å². The van der Waals surface area contributed by atoms with Gasteiger partial charge in [-0.25, -0.2) is 0 Å². The van der Waals surface area contributed by atoms with Gasteiger partial charge in [0.15, 0.2) is 0 Å². The van der Waals surface area contributed by atoms with Crippen molar-refractivity contribution in [2.75, 3.05) is 0 Å². The molecule has 134 valence electrons. The van der Waals surface area contributed by atoms with Gasteiger partial charge in [-0.2, -0.15) is 0 Å². The Bertz CT molecular complexity index is 604. The molecule has 1 fully saturated rings. The maximum Gasteiger partial charge on any atom is 0.130 e. The van der Waals surface area contributed by atoms with Crippen molar-refractivity contribution in [3.63, 3.8) is 0 Å². The third-order valence-electron chi connectivity index (χ3n) is 6.40. The monoisotopic (exact) mass is 336 g/mol. The van der Waals surface area contributed by atoms with Crippen LogP contribution in [0.2, 0.25) is 0 Å². The summed E-state index contributed by atoms with van der Waals surface area (Å²) in [5, 5.41) is 0. The number of hydrogen-bond acceptors (Lipinski definition) is 1. The molecule has 1 nitrogen and oxygen atoms in total. The molecular formula is C24H32O. The smallest absolute Gasteiger partial charge is 0.130 e. The molecule has 0 aromatic heterocycles. The van der Waals surface area contributed by atoms with Gasteiger partial charge in [0.2, 0.25) is 0 Å². The third-order valence-corrected chi connectivity index (χ3v) is 6.40. The molecule has 1 aromatic carbocycles. The predicted octanol–water partition coefficient (Wildman–Crippen LogP) is 6.60. The van der Waals surface area contributed by atoms with Crippen LogP contribution in [0.3, 0.4) is 0 Å². The molecule has 1 saturated carbocycles. The Morgan fingerprint density at radius 2 is 1.84 bits per heavy atom. The molecule has 0 radical (unpaired) electrons. The molecule has 1 atom stereocenters. The summed E-state index contributed by atoms with van der Waals surface area (Å²) in [4.78, 5) is 12.0. The molecule has 1 heteroatoms. The first-order valence-corrected chi connectivity index (χ1v) is 10.2. The lowest BCUT2D eigenvalue weighted by atomic mass is 9.64. The number of hydrogen-bond donors (Lipinski definition) is 0. The highest BCUT2D eigenvalue weighted by molar-refractivity contribution is 5.78. The quantitative estimate of drug-likeness (QED) is 0.405. The average molecular weight is 337 g/mol. The van der Waals surface area contributed by atoms with Gasteiger partial charge < -0.3 is 4.79 Å². The molecule has 2 aliphatic rings. The number of unbranched alkanes of at least 4 members (excludes halogenated alkanes) is 2. The summed E-state index contributed by atoms with van der Waals surface area (Å²) in [6.07, 6.45) is 19.3. The molecule has 1 aromatic rings. The summed E-state index contributed by atoms with van der Waals surface area (Å²) >= 11 is 0. The van der Waals surface area contributed by atoms with E-state index in [1.165, 1.54) is 68.8 Å².